The smallest absolute Gasteiger partial charge is 0.466 e. The highest BCUT2D eigenvalue weighted by Gasteiger charge is 2.26. The van der Waals surface area contributed by atoms with Gasteiger partial charge in [0.2, 0.25) is 0 Å². The van der Waals surface area contributed by atoms with Gasteiger partial charge in [0.15, 0.2) is 6.10 Å². The van der Waals surface area contributed by atoms with Gasteiger partial charge in [0.25, 0.3) is 0 Å². The van der Waals surface area contributed by atoms with Gasteiger partial charge in [-0.15, -0.1) is 0 Å². The van der Waals surface area contributed by atoms with Crippen molar-refractivity contribution in [2.24, 2.45) is 5.73 Å². The van der Waals surface area contributed by atoms with Crippen LogP contribution in [0.4, 0.5) is 0 Å². The Morgan fingerprint density at radius 3 is 1.74 bits per heavy atom. The van der Waals surface area contributed by atoms with E-state index in [2.05, 4.69) is 57.2 Å². The topological polar surface area (TPSA) is 168 Å². The highest BCUT2D eigenvalue weighted by Crippen LogP contribution is 2.43. The minimum atomic E-state index is -4.41. The van der Waals surface area contributed by atoms with Gasteiger partial charge in [-0.05, 0) is 95.6 Å². The van der Waals surface area contributed by atoms with Gasteiger partial charge in [-0.3, -0.25) is 18.6 Å². The number of carbonyl (C=O) groups excluding carboxylic acids is 2. The van der Waals surface area contributed by atoms with E-state index in [0.29, 0.717) is 19.3 Å². The summed E-state index contributed by atoms with van der Waals surface area (Å²) in [6, 6.07) is 0. The highest BCUT2D eigenvalue weighted by molar-refractivity contribution is 7.47. The van der Waals surface area contributed by atoms with Crippen molar-refractivity contribution in [1.29, 1.82) is 0 Å². The number of phosphoric acid groups is 1. The molecule has 0 spiro atoms. The van der Waals surface area contributed by atoms with Crippen LogP contribution in [0.5, 0.6) is 0 Å². The lowest BCUT2D eigenvalue weighted by atomic mass is 10.0. The Balaban J connectivity index is 2.25. The van der Waals surface area contributed by atoms with Crippen LogP contribution >= 0.6 is 7.82 Å². The number of allylic oxidation sites excluding steroid dienone is 8. The number of furan rings is 1. The van der Waals surface area contributed by atoms with Gasteiger partial charge in [0, 0.05) is 32.2 Å². The molecule has 0 aliphatic carbocycles. The fraction of sp³-hybridized carbons (Fsp3) is 0.714. The summed E-state index contributed by atoms with van der Waals surface area (Å²) in [5, 5.41) is 9.57. The van der Waals surface area contributed by atoms with Gasteiger partial charge in [0.05, 0.1) is 19.3 Å². The number of ether oxygens (including phenoxy) is 2. The van der Waals surface area contributed by atoms with Crippen molar-refractivity contribution in [1.82, 2.24) is 0 Å². The average molecular weight is 878 g/mol. The summed E-state index contributed by atoms with van der Waals surface area (Å²) in [5.74, 6) is 1.44. The first-order valence-electron chi connectivity index (χ1n) is 23.6. The summed E-state index contributed by atoms with van der Waals surface area (Å²) in [6.07, 6.45) is 39.1. The number of rotatable bonds is 40. The molecule has 1 aromatic heterocycles. The molecular formula is C49H84NO10P. The number of aliphatic hydroxyl groups is 1. The molecule has 0 amide bonds. The molecule has 4 N–H and O–H groups in total. The first kappa shape index (κ1) is 56.2. The Labute approximate surface area is 369 Å². The third-order valence-corrected chi connectivity index (χ3v) is 11.6. The van der Waals surface area contributed by atoms with Crippen LogP contribution in [0, 0.1) is 13.8 Å². The molecule has 0 aliphatic rings. The SMILES string of the molecule is CCCCCc1oc(CCCCCCCCCCCCC(=O)OC[C@H](COP(=O)(O)OCCN)OC(=O)CCC/C=C\C/C=C\C/C=C\C/C=C\CC[C@H](O)CC)c(C)c1C. The second-order valence-corrected chi connectivity index (χ2v) is 17.5. The predicted molar refractivity (Wildman–Crippen MR) is 247 cm³/mol. The minimum absolute atomic E-state index is 0.0324. The molecule has 350 valence electrons. The summed E-state index contributed by atoms with van der Waals surface area (Å²) in [6.45, 7) is 7.71. The number of hydrogen-bond acceptors (Lipinski definition) is 10. The maximum atomic E-state index is 12.6. The predicted octanol–water partition coefficient (Wildman–Crippen LogP) is 12.1. The number of aliphatic hydroxyl groups excluding tert-OH is 1. The first-order chi connectivity index (χ1) is 29.5. The monoisotopic (exact) mass is 878 g/mol. The summed E-state index contributed by atoms with van der Waals surface area (Å²) < 4.78 is 39.0. The molecule has 11 nitrogen and oxygen atoms in total. The fourth-order valence-corrected chi connectivity index (χ4v) is 7.37. The molecule has 1 rings (SSSR count). The number of phosphoric ester groups is 1. The van der Waals surface area contributed by atoms with Crippen LogP contribution in [0.3, 0.4) is 0 Å². The van der Waals surface area contributed by atoms with Crippen molar-refractivity contribution in [3.8, 4) is 0 Å². The Morgan fingerprint density at radius 1 is 0.672 bits per heavy atom. The lowest BCUT2D eigenvalue weighted by Crippen LogP contribution is -2.29. The van der Waals surface area contributed by atoms with E-state index in [1.165, 1.54) is 80.4 Å². The van der Waals surface area contributed by atoms with Crippen molar-refractivity contribution in [2.45, 2.75) is 200 Å². The van der Waals surface area contributed by atoms with E-state index < -0.39 is 32.5 Å². The molecule has 0 radical (unpaired) electrons. The van der Waals surface area contributed by atoms with Crippen LogP contribution in [0.15, 0.2) is 53.0 Å². The molecule has 0 saturated heterocycles. The molecule has 1 unspecified atom stereocenters. The van der Waals surface area contributed by atoms with Crippen molar-refractivity contribution in [2.75, 3.05) is 26.4 Å². The van der Waals surface area contributed by atoms with E-state index in [1.54, 1.807) is 0 Å². The zero-order valence-corrected chi connectivity index (χ0v) is 39.4. The molecule has 12 heteroatoms. The zero-order valence-electron chi connectivity index (χ0n) is 38.5. The molecule has 1 heterocycles. The largest absolute Gasteiger partial charge is 0.472 e. The van der Waals surface area contributed by atoms with E-state index in [1.807, 2.05) is 19.1 Å². The third kappa shape index (κ3) is 31.7. The first-order valence-corrected chi connectivity index (χ1v) is 25.0. The molecule has 0 fully saturated rings. The second-order valence-electron chi connectivity index (χ2n) is 16.0. The number of esters is 2. The van der Waals surface area contributed by atoms with E-state index in [-0.39, 0.29) is 38.7 Å². The van der Waals surface area contributed by atoms with Gasteiger partial charge in [0.1, 0.15) is 18.1 Å². The molecule has 61 heavy (non-hydrogen) atoms. The summed E-state index contributed by atoms with van der Waals surface area (Å²) >= 11 is 0. The Hall–Kier alpha value is -2.79. The van der Waals surface area contributed by atoms with Crippen molar-refractivity contribution in [3.05, 3.63) is 71.3 Å². The quantitative estimate of drug-likeness (QED) is 0.0248. The van der Waals surface area contributed by atoms with Gasteiger partial charge in [-0.1, -0.05) is 127 Å². The Morgan fingerprint density at radius 2 is 1.18 bits per heavy atom. The Bertz CT molecular complexity index is 1430. The van der Waals surface area contributed by atoms with E-state index in [9.17, 15) is 24.2 Å². The van der Waals surface area contributed by atoms with Crippen molar-refractivity contribution < 1.29 is 47.1 Å². The standard InChI is InChI=1S/C49H84NO10P/c1-5-7-28-34-46-42(3)43(4)47(60-46)35-30-25-21-17-14-15-18-22-26-31-36-48(52)56-40-45(41-58-61(54,55)57-39-38-50)59-49(53)37-32-27-23-19-13-11-9-8-10-12-16-20-24-29-33-44(51)6-2/h9-12,19-20,23-24,44-45,51H,5-8,13-18,21-22,25-41,50H2,1-4H3,(H,54,55)/b11-9-,12-10-,23-19-,24-20-/t44-,45-/m1/s1. The zero-order chi connectivity index (χ0) is 44.8. The number of nitrogens with two attached hydrogens (primary N) is 1. The van der Waals surface area contributed by atoms with Crippen LogP contribution in [0.25, 0.3) is 0 Å². The molecule has 3 atom stereocenters. The number of unbranched alkanes of at least 4 members (excludes halogenated alkanes) is 12. The van der Waals surface area contributed by atoms with Crippen LogP contribution in [0.1, 0.15) is 184 Å². The van der Waals surface area contributed by atoms with Crippen LogP contribution in [-0.4, -0.2) is 60.5 Å². The maximum Gasteiger partial charge on any atom is 0.472 e. The van der Waals surface area contributed by atoms with Crippen LogP contribution in [0.2, 0.25) is 0 Å². The summed E-state index contributed by atoms with van der Waals surface area (Å²) in [5.41, 5.74) is 8.04. The second kappa shape index (κ2) is 37.7. The third-order valence-electron chi connectivity index (χ3n) is 10.6. The Kier molecular flexibility index (Phi) is 34.8. The molecular weight excluding hydrogens is 794 g/mol. The molecule has 0 aromatic carbocycles. The van der Waals surface area contributed by atoms with E-state index in [4.69, 9.17) is 28.7 Å². The van der Waals surface area contributed by atoms with Gasteiger partial charge in [-0.25, -0.2) is 4.57 Å². The molecule has 1 aromatic rings. The summed E-state index contributed by atoms with van der Waals surface area (Å²) in [4.78, 5) is 35.0. The highest BCUT2D eigenvalue weighted by atomic mass is 31.2. The molecule has 0 bridgehead atoms. The van der Waals surface area contributed by atoms with Crippen LogP contribution in [-0.2, 0) is 45.5 Å². The van der Waals surface area contributed by atoms with Gasteiger partial charge in [-0.2, -0.15) is 0 Å². The van der Waals surface area contributed by atoms with Crippen molar-refractivity contribution >= 4 is 19.8 Å². The minimum Gasteiger partial charge on any atom is -0.466 e. The van der Waals surface area contributed by atoms with Crippen LogP contribution < -0.4 is 5.73 Å². The summed E-state index contributed by atoms with van der Waals surface area (Å²) in [7, 11) is -4.41. The lowest BCUT2D eigenvalue weighted by Gasteiger charge is -2.19. The fourth-order valence-electron chi connectivity index (χ4n) is 6.61. The molecule has 0 aliphatic heterocycles. The normalized spacial score (nSPS) is 14.1. The van der Waals surface area contributed by atoms with E-state index in [0.717, 1.165) is 70.6 Å². The lowest BCUT2D eigenvalue weighted by molar-refractivity contribution is -0.161. The average Bonchev–Trinajstić information content (AvgIpc) is 3.51. The maximum absolute atomic E-state index is 12.6. The van der Waals surface area contributed by atoms with Crippen molar-refractivity contribution in [3.63, 3.8) is 0 Å². The molecule has 0 saturated carbocycles. The number of carbonyl (C=O) groups is 2. The van der Waals surface area contributed by atoms with Gasteiger partial charge >= 0.3 is 19.8 Å². The number of aryl methyl sites for hydroxylation is 2. The number of hydrogen-bond donors (Lipinski definition) is 3. The van der Waals surface area contributed by atoms with Gasteiger partial charge < -0.3 is 29.6 Å². The van der Waals surface area contributed by atoms with E-state index >= 15 is 0 Å².